The predicted molar refractivity (Wildman–Crippen MR) is 60.1 cm³/mol. The van der Waals surface area contributed by atoms with Crippen LogP contribution in [0.5, 0.6) is 0 Å². The van der Waals surface area contributed by atoms with Crippen LogP contribution in [-0.2, 0) is 17.9 Å². The molecule has 1 rings (SSSR count). The molecule has 0 unspecified atom stereocenters. The maximum Gasteiger partial charge on any atom is 0.0705 e. The summed E-state index contributed by atoms with van der Waals surface area (Å²) in [6.07, 6.45) is 2.93. The van der Waals surface area contributed by atoms with E-state index in [-0.39, 0.29) is 0 Å². The molecule has 0 spiro atoms. The molecule has 0 fully saturated rings. The van der Waals surface area contributed by atoms with Crippen LogP contribution >= 0.6 is 0 Å². The number of hydroxylamine groups is 1. The Labute approximate surface area is 91.6 Å². The molecule has 1 N–H and O–H groups in total. The van der Waals surface area contributed by atoms with Crippen LogP contribution in [0.4, 0.5) is 0 Å². The molecule has 0 amide bonds. The third-order valence-corrected chi connectivity index (χ3v) is 2.01. The van der Waals surface area contributed by atoms with Gasteiger partial charge in [-0.2, -0.15) is 10.6 Å². The Morgan fingerprint density at radius 2 is 2.33 bits per heavy atom. The van der Waals surface area contributed by atoms with Crippen molar-refractivity contribution in [1.29, 1.82) is 0 Å². The highest BCUT2D eigenvalue weighted by Crippen LogP contribution is 2.00. The van der Waals surface area contributed by atoms with Gasteiger partial charge >= 0.3 is 0 Å². The van der Waals surface area contributed by atoms with Crippen molar-refractivity contribution in [3.05, 3.63) is 18.0 Å². The molecule has 0 saturated carbocycles. The van der Waals surface area contributed by atoms with Crippen LogP contribution in [0.15, 0.2) is 12.3 Å². The van der Waals surface area contributed by atoms with E-state index in [1.807, 2.05) is 16.9 Å². The maximum absolute atomic E-state index is 5.31. The lowest BCUT2D eigenvalue weighted by molar-refractivity contribution is 0.0183. The average molecular weight is 211 g/mol. The molecule has 1 aromatic heterocycles. The maximum atomic E-state index is 5.31. The van der Waals surface area contributed by atoms with Gasteiger partial charge in [0.15, 0.2) is 0 Å². The molecule has 0 aromatic carbocycles. The summed E-state index contributed by atoms with van der Waals surface area (Å²) in [6.45, 7) is 8.82. The third-order valence-electron chi connectivity index (χ3n) is 2.01. The van der Waals surface area contributed by atoms with Crippen molar-refractivity contribution in [3.63, 3.8) is 0 Å². The Balaban J connectivity index is 2.27. The molecule has 0 bridgehead atoms. The molecule has 4 heteroatoms. The SMILES string of the molecule is CCCn1nccc1CNOCC(C)C. The van der Waals surface area contributed by atoms with E-state index in [9.17, 15) is 0 Å². The van der Waals surface area contributed by atoms with E-state index in [4.69, 9.17) is 4.84 Å². The molecule has 4 nitrogen and oxygen atoms in total. The van der Waals surface area contributed by atoms with E-state index < -0.39 is 0 Å². The molecule has 0 saturated heterocycles. The molecule has 1 aromatic rings. The minimum atomic E-state index is 0.554. The van der Waals surface area contributed by atoms with E-state index >= 15 is 0 Å². The standard InChI is InChI=1S/C11H21N3O/c1-4-7-14-11(5-6-12-14)8-13-15-9-10(2)3/h5-6,10,13H,4,7-9H2,1-3H3. The van der Waals surface area contributed by atoms with Crippen LogP contribution in [-0.4, -0.2) is 16.4 Å². The number of hydrogen-bond donors (Lipinski definition) is 1. The number of hydrogen-bond acceptors (Lipinski definition) is 3. The first-order valence-corrected chi connectivity index (χ1v) is 5.59. The Kier molecular flexibility index (Phi) is 5.36. The molecule has 0 radical (unpaired) electrons. The number of aryl methyl sites for hydroxylation is 1. The van der Waals surface area contributed by atoms with Crippen LogP contribution in [0.3, 0.4) is 0 Å². The van der Waals surface area contributed by atoms with Crippen molar-refractivity contribution >= 4 is 0 Å². The van der Waals surface area contributed by atoms with Crippen molar-refractivity contribution in [2.24, 2.45) is 5.92 Å². The van der Waals surface area contributed by atoms with Gasteiger partial charge in [-0.3, -0.25) is 4.68 Å². The molecule has 0 aliphatic heterocycles. The zero-order valence-electron chi connectivity index (χ0n) is 9.86. The Bertz CT molecular complexity index is 271. The largest absolute Gasteiger partial charge is 0.301 e. The first kappa shape index (κ1) is 12.2. The monoisotopic (exact) mass is 211 g/mol. The predicted octanol–water partition coefficient (Wildman–Crippen LogP) is 1.97. The lowest BCUT2D eigenvalue weighted by Crippen LogP contribution is -2.19. The molecule has 0 aliphatic carbocycles. The fraction of sp³-hybridized carbons (Fsp3) is 0.727. The summed E-state index contributed by atoms with van der Waals surface area (Å²) in [7, 11) is 0. The summed E-state index contributed by atoms with van der Waals surface area (Å²) in [4.78, 5) is 5.31. The van der Waals surface area contributed by atoms with Gasteiger partial charge < -0.3 is 4.84 Å². The number of rotatable bonds is 7. The summed E-state index contributed by atoms with van der Waals surface area (Å²) in [5.41, 5.74) is 4.12. The van der Waals surface area contributed by atoms with Crippen molar-refractivity contribution in [2.75, 3.05) is 6.61 Å². The lowest BCUT2D eigenvalue weighted by atomic mass is 10.2. The highest BCUT2D eigenvalue weighted by Gasteiger charge is 2.01. The van der Waals surface area contributed by atoms with Crippen molar-refractivity contribution in [2.45, 2.75) is 40.3 Å². The van der Waals surface area contributed by atoms with Crippen LogP contribution < -0.4 is 5.48 Å². The Morgan fingerprint density at radius 1 is 1.53 bits per heavy atom. The fourth-order valence-electron chi connectivity index (χ4n) is 1.27. The van der Waals surface area contributed by atoms with Crippen LogP contribution in [0, 0.1) is 5.92 Å². The first-order valence-electron chi connectivity index (χ1n) is 5.59. The average Bonchev–Trinajstić information content (AvgIpc) is 2.61. The van der Waals surface area contributed by atoms with Crippen LogP contribution in [0.1, 0.15) is 32.9 Å². The van der Waals surface area contributed by atoms with Gasteiger partial charge in [0, 0.05) is 12.7 Å². The van der Waals surface area contributed by atoms with Gasteiger partial charge in [-0.1, -0.05) is 20.8 Å². The van der Waals surface area contributed by atoms with Crippen molar-refractivity contribution in [1.82, 2.24) is 15.3 Å². The molecular weight excluding hydrogens is 190 g/mol. The van der Waals surface area contributed by atoms with Crippen LogP contribution in [0.25, 0.3) is 0 Å². The third kappa shape index (κ3) is 4.44. The second-order valence-corrected chi connectivity index (χ2v) is 4.07. The van der Waals surface area contributed by atoms with Gasteiger partial charge in [0.05, 0.1) is 18.8 Å². The fourth-order valence-corrected chi connectivity index (χ4v) is 1.27. The number of nitrogens with zero attached hydrogens (tertiary/aromatic N) is 2. The normalized spacial score (nSPS) is 11.2. The number of nitrogens with one attached hydrogen (secondary N) is 1. The minimum Gasteiger partial charge on any atom is -0.301 e. The second kappa shape index (κ2) is 6.58. The quantitative estimate of drug-likeness (QED) is 0.553. The number of aromatic nitrogens is 2. The molecule has 0 atom stereocenters. The summed E-state index contributed by atoms with van der Waals surface area (Å²) >= 11 is 0. The zero-order chi connectivity index (χ0) is 11.1. The summed E-state index contributed by atoms with van der Waals surface area (Å²) < 4.78 is 2.01. The highest BCUT2D eigenvalue weighted by molar-refractivity contribution is 4.99. The smallest absolute Gasteiger partial charge is 0.0705 e. The second-order valence-electron chi connectivity index (χ2n) is 4.07. The van der Waals surface area contributed by atoms with E-state index in [0.29, 0.717) is 12.5 Å². The van der Waals surface area contributed by atoms with Gasteiger partial charge in [0.1, 0.15) is 0 Å². The zero-order valence-corrected chi connectivity index (χ0v) is 9.86. The molecule has 15 heavy (non-hydrogen) atoms. The van der Waals surface area contributed by atoms with Gasteiger partial charge in [-0.15, -0.1) is 0 Å². The van der Waals surface area contributed by atoms with Gasteiger partial charge in [0.25, 0.3) is 0 Å². The Hall–Kier alpha value is -0.870. The van der Waals surface area contributed by atoms with E-state index in [2.05, 4.69) is 31.3 Å². The van der Waals surface area contributed by atoms with Crippen LogP contribution in [0.2, 0.25) is 0 Å². The first-order chi connectivity index (χ1) is 7.24. The Morgan fingerprint density at radius 3 is 3.00 bits per heavy atom. The van der Waals surface area contributed by atoms with E-state index in [1.165, 1.54) is 5.69 Å². The summed E-state index contributed by atoms with van der Waals surface area (Å²) in [5.74, 6) is 0.554. The summed E-state index contributed by atoms with van der Waals surface area (Å²) in [5, 5.41) is 4.24. The van der Waals surface area contributed by atoms with Gasteiger partial charge in [0.2, 0.25) is 0 Å². The molecule has 1 heterocycles. The van der Waals surface area contributed by atoms with E-state index in [0.717, 1.165) is 19.6 Å². The molecule has 86 valence electrons. The molecular formula is C11H21N3O. The minimum absolute atomic E-state index is 0.554. The lowest BCUT2D eigenvalue weighted by Gasteiger charge is -2.09. The molecule has 0 aliphatic rings. The highest BCUT2D eigenvalue weighted by atomic mass is 16.6. The van der Waals surface area contributed by atoms with Crippen molar-refractivity contribution < 1.29 is 4.84 Å². The van der Waals surface area contributed by atoms with Crippen molar-refractivity contribution in [3.8, 4) is 0 Å². The topological polar surface area (TPSA) is 39.1 Å². The van der Waals surface area contributed by atoms with Gasteiger partial charge in [-0.25, -0.2) is 0 Å². The summed E-state index contributed by atoms with van der Waals surface area (Å²) in [6, 6.07) is 2.02. The van der Waals surface area contributed by atoms with Gasteiger partial charge in [-0.05, 0) is 18.4 Å². The van der Waals surface area contributed by atoms with E-state index in [1.54, 1.807) is 0 Å².